The van der Waals surface area contributed by atoms with Crippen molar-refractivity contribution >= 4 is 33.6 Å². The van der Waals surface area contributed by atoms with Crippen molar-refractivity contribution in [3.05, 3.63) is 64.1 Å². The summed E-state index contributed by atoms with van der Waals surface area (Å²) >= 11 is 3.46. The molecule has 0 bridgehead atoms. The van der Waals surface area contributed by atoms with E-state index in [0.29, 0.717) is 26.1 Å². The quantitative estimate of drug-likeness (QED) is 0.811. The number of fused-ring (bicyclic) bond motifs is 1. The summed E-state index contributed by atoms with van der Waals surface area (Å²) in [7, 11) is 1.75. The molecule has 5 nitrogen and oxygen atoms in total. The third kappa shape index (κ3) is 4.43. The second-order valence-corrected chi connectivity index (χ2v) is 7.31. The number of anilines is 1. The molecule has 0 saturated carbocycles. The van der Waals surface area contributed by atoms with Crippen molar-refractivity contribution in [1.29, 1.82) is 0 Å². The molecule has 2 aromatic rings. The van der Waals surface area contributed by atoms with Gasteiger partial charge in [0.2, 0.25) is 5.91 Å². The van der Waals surface area contributed by atoms with Gasteiger partial charge in [0.25, 0.3) is 0 Å². The Hall–Kier alpha value is -2.34. The first-order valence-electron chi connectivity index (χ1n) is 8.66. The highest BCUT2D eigenvalue weighted by molar-refractivity contribution is 9.10. The molecule has 0 saturated heterocycles. The van der Waals surface area contributed by atoms with Gasteiger partial charge in [-0.05, 0) is 35.7 Å². The van der Waals surface area contributed by atoms with Crippen molar-refractivity contribution in [2.45, 2.75) is 19.4 Å². The van der Waals surface area contributed by atoms with Gasteiger partial charge in [0.1, 0.15) is 0 Å². The van der Waals surface area contributed by atoms with Gasteiger partial charge in [-0.15, -0.1) is 0 Å². The molecule has 3 amide bonds. The maximum Gasteiger partial charge on any atom is 0.317 e. The second kappa shape index (κ2) is 8.36. The Balaban J connectivity index is 1.46. The lowest BCUT2D eigenvalue weighted by atomic mass is 10.2. The normalized spacial score (nSPS) is 12.6. The van der Waals surface area contributed by atoms with E-state index in [1.807, 2.05) is 47.4 Å². The molecule has 0 aromatic heterocycles. The third-order valence-electron chi connectivity index (χ3n) is 4.46. The molecule has 1 N–H and O–H groups in total. The fourth-order valence-corrected chi connectivity index (χ4v) is 3.51. The SMILES string of the molecule is CN(Cc1ccccc1)C(=O)NCCC(=O)N1CCc2cc(Br)ccc21. The molecule has 26 heavy (non-hydrogen) atoms. The standard InChI is InChI=1S/C20H22BrN3O2/c1-23(14-15-5-3-2-4-6-15)20(26)22-11-9-19(25)24-12-10-16-13-17(21)7-8-18(16)24/h2-8,13H,9-12,14H2,1H3,(H,22,26). The van der Waals surface area contributed by atoms with E-state index in [4.69, 9.17) is 0 Å². The number of nitrogens with zero attached hydrogens (tertiary/aromatic N) is 2. The van der Waals surface area contributed by atoms with E-state index in [2.05, 4.69) is 27.3 Å². The van der Waals surface area contributed by atoms with Gasteiger partial charge in [0, 0.05) is 43.3 Å². The number of nitrogens with one attached hydrogen (secondary N) is 1. The molecule has 1 aliphatic rings. The molecule has 1 heterocycles. The number of carbonyl (C=O) groups excluding carboxylic acids is 2. The van der Waals surface area contributed by atoms with Crippen molar-refractivity contribution in [2.24, 2.45) is 0 Å². The smallest absolute Gasteiger partial charge is 0.317 e. The van der Waals surface area contributed by atoms with Crippen LogP contribution in [0.4, 0.5) is 10.5 Å². The Morgan fingerprint density at radius 1 is 1.19 bits per heavy atom. The zero-order valence-electron chi connectivity index (χ0n) is 14.7. The number of carbonyl (C=O) groups is 2. The van der Waals surface area contributed by atoms with Crippen LogP contribution in [0.5, 0.6) is 0 Å². The van der Waals surface area contributed by atoms with Crippen LogP contribution >= 0.6 is 15.9 Å². The molecule has 0 atom stereocenters. The zero-order chi connectivity index (χ0) is 18.5. The predicted molar refractivity (Wildman–Crippen MR) is 106 cm³/mol. The minimum Gasteiger partial charge on any atom is -0.337 e. The Morgan fingerprint density at radius 3 is 2.73 bits per heavy atom. The Bertz CT molecular complexity index is 795. The van der Waals surface area contributed by atoms with E-state index in [-0.39, 0.29) is 11.9 Å². The molecule has 0 fully saturated rings. The number of benzene rings is 2. The summed E-state index contributed by atoms with van der Waals surface area (Å²) in [6, 6.07) is 15.6. The van der Waals surface area contributed by atoms with Crippen LogP contribution in [-0.2, 0) is 17.8 Å². The van der Waals surface area contributed by atoms with Gasteiger partial charge in [0.15, 0.2) is 0 Å². The summed E-state index contributed by atoms with van der Waals surface area (Å²) in [6.07, 6.45) is 1.16. The number of halogens is 1. The van der Waals surface area contributed by atoms with Gasteiger partial charge < -0.3 is 15.1 Å². The molecule has 136 valence electrons. The summed E-state index contributed by atoms with van der Waals surface area (Å²) in [6.45, 7) is 1.57. The van der Waals surface area contributed by atoms with Crippen molar-refractivity contribution in [3.8, 4) is 0 Å². The van der Waals surface area contributed by atoms with Crippen molar-refractivity contribution in [2.75, 3.05) is 25.0 Å². The van der Waals surface area contributed by atoms with Crippen LogP contribution in [0, 0.1) is 0 Å². The maximum absolute atomic E-state index is 12.5. The van der Waals surface area contributed by atoms with E-state index in [1.165, 1.54) is 5.56 Å². The molecule has 0 spiro atoms. The summed E-state index contributed by atoms with van der Waals surface area (Å²) in [5.41, 5.74) is 3.23. The van der Waals surface area contributed by atoms with Crippen LogP contribution in [0.3, 0.4) is 0 Å². The van der Waals surface area contributed by atoms with E-state index >= 15 is 0 Å². The minimum absolute atomic E-state index is 0.0390. The summed E-state index contributed by atoms with van der Waals surface area (Å²) in [5.74, 6) is 0.0390. The van der Waals surface area contributed by atoms with Gasteiger partial charge in [-0.2, -0.15) is 0 Å². The second-order valence-electron chi connectivity index (χ2n) is 6.39. The van der Waals surface area contributed by atoms with E-state index in [9.17, 15) is 9.59 Å². The molecule has 6 heteroatoms. The molecule has 0 unspecified atom stereocenters. The predicted octanol–water partition coefficient (Wildman–Crippen LogP) is 3.57. The van der Waals surface area contributed by atoms with Crippen molar-refractivity contribution in [3.63, 3.8) is 0 Å². The minimum atomic E-state index is -0.174. The monoisotopic (exact) mass is 415 g/mol. The van der Waals surface area contributed by atoms with E-state index in [0.717, 1.165) is 22.1 Å². The summed E-state index contributed by atoms with van der Waals surface area (Å²) < 4.78 is 1.03. The lowest BCUT2D eigenvalue weighted by molar-refractivity contribution is -0.118. The molecule has 0 aliphatic carbocycles. The molecule has 2 aromatic carbocycles. The first-order valence-corrected chi connectivity index (χ1v) is 9.45. The summed E-state index contributed by atoms with van der Waals surface area (Å²) in [5, 5.41) is 2.82. The number of urea groups is 1. The molecule has 3 rings (SSSR count). The van der Waals surface area contributed by atoms with Crippen LogP contribution in [-0.4, -0.2) is 37.0 Å². The number of hydrogen-bond donors (Lipinski definition) is 1. The number of amides is 3. The Morgan fingerprint density at radius 2 is 1.96 bits per heavy atom. The van der Waals surface area contributed by atoms with Crippen LogP contribution in [0.15, 0.2) is 53.0 Å². The average molecular weight is 416 g/mol. The lowest BCUT2D eigenvalue weighted by Crippen LogP contribution is -2.39. The molecule has 0 radical (unpaired) electrons. The van der Waals surface area contributed by atoms with Crippen molar-refractivity contribution in [1.82, 2.24) is 10.2 Å². The maximum atomic E-state index is 12.5. The Labute approximate surface area is 162 Å². The van der Waals surface area contributed by atoms with Gasteiger partial charge in [-0.25, -0.2) is 4.79 Å². The topological polar surface area (TPSA) is 52.7 Å². The first kappa shape index (κ1) is 18.5. The van der Waals surface area contributed by atoms with Crippen LogP contribution in [0.1, 0.15) is 17.5 Å². The highest BCUT2D eigenvalue weighted by Crippen LogP contribution is 2.30. The number of hydrogen-bond acceptors (Lipinski definition) is 2. The van der Waals surface area contributed by atoms with Gasteiger partial charge >= 0.3 is 6.03 Å². The zero-order valence-corrected chi connectivity index (χ0v) is 16.3. The van der Waals surface area contributed by atoms with Gasteiger partial charge in [-0.3, -0.25) is 4.79 Å². The largest absolute Gasteiger partial charge is 0.337 e. The van der Waals surface area contributed by atoms with E-state index < -0.39 is 0 Å². The Kier molecular flexibility index (Phi) is 5.93. The highest BCUT2D eigenvalue weighted by Gasteiger charge is 2.24. The van der Waals surface area contributed by atoms with Crippen LogP contribution < -0.4 is 10.2 Å². The molecular weight excluding hydrogens is 394 g/mol. The number of rotatable bonds is 5. The van der Waals surface area contributed by atoms with Gasteiger partial charge in [0.05, 0.1) is 0 Å². The third-order valence-corrected chi connectivity index (χ3v) is 4.96. The van der Waals surface area contributed by atoms with E-state index in [1.54, 1.807) is 11.9 Å². The highest BCUT2D eigenvalue weighted by atomic mass is 79.9. The summed E-state index contributed by atoms with van der Waals surface area (Å²) in [4.78, 5) is 28.1. The fourth-order valence-electron chi connectivity index (χ4n) is 3.10. The molecular formula is C20H22BrN3O2. The van der Waals surface area contributed by atoms with Gasteiger partial charge in [-0.1, -0.05) is 46.3 Å². The van der Waals surface area contributed by atoms with Crippen LogP contribution in [0.25, 0.3) is 0 Å². The first-order chi connectivity index (χ1) is 12.5. The molecule has 1 aliphatic heterocycles. The van der Waals surface area contributed by atoms with Crippen molar-refractivity contribution < 1.29 is 9.59 Å². The lowest BCUT2D eigenvalue weighted by Gasteiger charge is -2.20. The fraction of sp³-hybridized carbons (Fsp3) is 0.300. The average Bonchev–Trinajstić information content (AvgIpc) is 3.05. The van der Waals surface area contributed by atoms with Crippen LogP contribution in [0.2, 0.25) is 0 Å².